The Labute approximate surface area is 147 Å². The molecule has 0 radical (unpaired) electrons. The minimum Gasteiger partial charge on any atom is -0.342 e. The molecule has 4 nitrogen and oxygen atoms in total. The van der Waals surface area contributed by atoms with Gasteiger partial charge in [-0.15, -0.1) is 11.8 Å². The maximum absolute atomic E-state index is 13.2. The minimum atomic E-state index is -0.382. The molecule has 1 aromatic rings. The van der Waals surface area contributed by atoms with E-state index < -0.39 is 0 Å². The third-order valence-corrected chi connectivity index (χ3v) is 5.37. The van der Waals surface area contributed by atoms with Gasteiger partial charge >= 0.3 is 0 Å². The molecular weight excluding hydrogens is 327 g/mol. The maximum atomic E-state index is 13.2. The van der Waals surface area contributed by atoms with Crippen LogP contribution >= 0.6 is 11.8 Å². The molecule has 0 atom stereocenters. The first-order valence-electron chi connectivity index (χ1n) is 8.37. The molecule has 1 saturated carbocycles. The van der Waals surface area contributed by atoms with E-state index in [1.54, 1.807) is 6.07 Å². The number of benzene rings is 1. The summed E-state index contributed by atoms with van der Waals surface area (Å²) in [5.74, 6) is -0.0563. The molecule has 1 aromatic carbocycles. The highest BCUT2D eigenvalue weighted by Gasteiger charge is 2.21. The monoisotopic (exact) mass is 352 g/mol. The molecule has 1 aliphatic carbocycles. The SMILES string of the molecule is Cc1ccc(F)cc1NC(=O)CSCC(=O)N(C)C1CCCCC1. The average Bonchev–Trinajstić information content (AvgIpc) is 2.58. The van der Waals surface area contributed by atoms with Gasteiger partial charge in [0.05, 0.1) is 11.5 Å². The second kappa shape index (κ2) is 9.06. The number of carbonyl (C=O) groups excluding carboxylic acids is 2. The van der Waals surface area contributed by atoms with Gasteiger partial charge in [-0.1, -0.05) is 25.3 Å². The van der Waals surface area contributed by atoms with Gasteiger partial charge in [0.1, 0.15) is 5.82 Å². The lowest BCUT2D eigenvalue weighted by molar-refractivity contribution is -0.129. The summed E-state index contributed by atoms with van der Waals surface area (Å²) in [6.45, 7) is 1.81. The average molecular weight is 352 g/mol. The van der Waals surface area contributed by atoms with Crippen LogP contribution in [0.15, 0.2) is 18.2 Å². The predicted octanol–water partition coefficient (Wildman–Crippen LogP) is 3.60. The second-order valence-corrected chi connectivity index (χ2v) is 7.28. The number of rotatable bonds is 6. The van der Waals surface area contributed by atoms with Crippen molar-refractivity contribution in [2.45, 2.75) is 45.1 Å². The first kappa shape index (κ1) is 18.8. The molecule has 0 aromatic heterocycles. The number of thioether (sulfide) groups is 1. The van der Waals surface area contributed by atoms with Crippen LogP contribution in [0.5, 0.6) is 0 Å². The smallest absolute Gasteiger partial charge is 0.234 e. The van der Waals surface area contributed by atoms with Gasteiger partial charge in [-0.05, 0) is 37.5 Å². The van der Waals surface area contributed by atoms with Crippen molar-refractivity contribution in [3.63, 3.8) is 0 Å². The van der Waals surface area contributed by atoms with Gasteiger partial charge in [0, 0.05) is 18.8 Å². The molecule has 1 N–H and O–H groups in total. The van der Waals surface area contributed by atoms with E-state index in [-0.39, 0.29) is 23.4 Å². The van der Waals surface area contributed by atoms with Crippen molar-refractivity contribution in [2.24, 2.45) is 0 Å². The fourth-order valence-electron chi connectivity index (χ4n) is 2.92. The zero-order valence-corrected chi connectivity index (χ0v) is 15.1. The Hall–Kier alpha value is -1.56. The summed E-state index contributed by atoms with van der Waals surface area (Å²) < 4.78 is 13.2. The molecule has 24 heavy (non-hydrogen) atoms. The molecule has 2 amide bonds. The molecule has 132 valence electrons. The molecule has 6 heteroatoms. The Balaban J connectivity index is 1.73. The Morgan fingerprint density at radius 1 is 1.25 bits per heavy atom. The van der Waals surface area contributed by atoms with Gasteiger partial charge in [0.2, 0.25) is 11.8 Å². The summed E-state index contributed by atoms with van der Waals surface area (Å²) in [7, 11) is 1.86. The third-order valence-electron chi connectivity index (χ3n) is 4.45. The second-order valence-electron chi connectivity index (χ2n) is 6.30. The lowest BCUT2D eigenvalue weighted by Crippen LogP contribution is -2.39. The maximum Gasteiger partial charge on any atom is 0.234 e. The van der Waals surface area contributed by atoms with Crippen LogP contribution in [0.3, 0.4) is 0 Å². The number of anilines is 1. The van der Waals surface area contributed by atoms with Crippen molar-refractivity contribution in [2.75, 3.05) is 23.9 Å². The molecule has 1 fully saturated rings. The van der Waals surface area contributed by atoms with E-state index in [0.717, 1.165) is 18.4 Å². The molecular formula is C18H25FN2O2S. The summed E-state index contributed by atoms with van der Waals surface area (Å²) in [4.78, 5) is 26.0. The number of halogens is 1. The number of nitrogens with zero attached hydrogens (tertiary/aromatic N) is 1. The lowest BCUT2D eigenvalue weighted by Gasteiger charge is -2.31. The van der Waals surface area contributed by atoms with Gasteiger partial charge in [-0.25, -0.2) is 4.39 Å². The van der Waals surface area contributed by atoms with E-state index in [4.69, 9.17) is 0 Å². The van der Waals surface area contributed by atoms with Crippen LogP contribution in [0.1, 0.15) is 37.7 Å². The quantitative estimate of drug-likeness (QED) is 0.851. The van der Waals surface area contributed by atoms with Crippen LogP contribution in [0.4, 0.5) is 10.1 Å². The number of carbonyl (C=O) groups is 2. The molecule has 2 rings (SSSR count). The Morgan fingerprint density at radius 2 is 1.96 bits per heavy atom. The van der Waals surface area contributed by atoms with Crippen LogP contribution in [-0.4, -0.2) is 41.3 Å². The summed E-state index contributed by atoms with van der Waals surface area (Å²) >= 11 is 1.29. The first-order chi connectivity index (χ1) is 11.5. The lowest BCUT2D eigenvalue weighted by atomic mass is 9.94. The zero-order chi connectivity index (χ0) is 17.5. The van der Waals surface area contributed by atoms with Crippen LogP contribution in [0, 0.1) is 12.7 Å². The molecule has 0 unspecified atom stereocenters. The number of nitrogens with one attached hydrogen (secondary N) is 1. The van der Waals surface area contributed by atoms with E-state index in [2.05, 4.69) is 5.32 Å². The highest BCUT2D eigenvalue weighted by molar-refractivity contribution is 8.00. The first-order valence-corrected chi connectivity index (χ1v) is 9.52. The fourth-order valence-corrected chi connectivity index (χ4v) is 3.66. The molecule has 0 aliphatic heterocycles. The standard InChI is InChI=1S/C18H25FN2O2S/c1-13-8-9-14(19)10-16(13)20-17(22)11-24-12-18(23)21(2)15-6-4-3-5-7-15/h8-10,15H,3-7,11-12H2,1-2H3,(H,20,22). The fraction of sp³-hybridized carbons (Fsp3) is 0.556. The van der Waals surface area contributed by atoms with Gasteiger partial charge < -0.3 is 10.2 Å². The number of hydrogen-bond acceptors (Lipinski definition) is 3. The summed E-state index contributed by atoms with van der Waals surface area (Å²) in [5, 5.41) is 2.69. The van der Waals surface area contributed by atoms with Crippen molar-refractivity contribution in [3.05, 3.63) is 29.6 Å². The topological polar surface area (TPSA) is 49.4 Å². The number of amides is 2. The predicted molar refractivity (Wildman–Crippen MR) is 96.7 cm³/mol. The van der Waals surface area contributed by atoms with E-state index >= 15 is 0 Å². The highest BCUT2D eigenvalue weighted by atomic mass is 32.2. The van der Waals surface area contributed by atoms with Crippen molar-refractivity contribution >= 4 is 29.3 Å². The molecule has 0 heterocycles. The summed E-state index contributed by atoms with van der Waals surface area (Å²) in [6.07, 6.45) is 5.78. The summed E-state index contributed by atoms with van der Waals surface area (Å²) in [6, 6.07) is 4.63. The van der Waals surface area contributed by atoms with Gasteiger partial charge in [-0.2, -0.15) is 0 Å². The molecule has 0 saturated heterocycles. The third kappa shape index (κ3) is 5.51. The van der Waals surface area contributed by atoms with Crippen LogP contribution < -0.4 is 5.32 Å². The van der Waals surface area contributed by atoms with Crippen LogP contribution in [-0.2, 0) is 9.59 Å². The Morgan fingerprint density at radius 3 is 2.67 bits per heavy atom. The molecule has 1 aliphatic rings. The zero-order valence-electron chi connectivity index (χ0n) is 14.3. The van der Waals surface area contributed by atoms with E-state index in [9.17, 15) is 14.0 Å². The normalized spacial score (nSPS) is 15.1. The van der Waals surface area contributed by atoms with E-state index in [1.807, 2.05) is 18.9 Å². The Bertz CT molecular complexity index is 588. The van der Waals surface area contributed by atoms with E-state index in [1.165, 1.54) is 43.2 Å². The highest BCUT2D eigenvalue weighted by Crippen LogP contribution is 2.22. The van der Waals surface area contributed by atoms with Gasteiger partial charge in [0.15, 0.2) is 0 Å². The van der Waals surface area contributed by atoms with E-state index in [0.29, 0.717) is 17.5 Å². The van der Waals surface area contributed by atoms with Crippen molar-refractivity contribution in [1.82, 2.24) is 4.90 Å². The molecule has 0 spiro atoms. The minimum absolute atomic E-state index is 0.0710. The Kier molecular flexibility index (Phi) is 7.09. The van der Waals surface area contributed by atoms with Gasteiger partial charge in [-0.3, -0.25) is 9.59 Å². The largest absolute Gasteiger partial charge is 0.342 e. The van der Waals surface area contributed by atoms with Crippen LogP contribution in [0.25, 0.3) is 0 Å². The number of hydrogen-bond donors (Lipinski definition) is 1. The van der Waals surface area contributed by atoms with Crippen molar-refractivity contribution in [3.8, 4) is 0 Å². The summed E-state index contributed by atoms with van der Waals surface area (Å²) in [5.41, 5.74) is 1.29. The number of aryl methyl sites for hydroxylation is 1. The van der Waals surface area contributed by atoms with Gasteiger partial charge in [0.25, 0.3) is 0 Å². The molecule has 0 bridgehead atoms. The van der Waals surface area contributed by atoms with Crippen molar-refractivity contribution in [1.29, 1.82) is 0 Å². The van der Waals surface area contributed by atoms with Crippen molar-refractivity contribution < 1.29 is 14.0 Å². The van der Waals surface area contributed by atoms with Crippen LogP contribution in [0.2, 0.25) is 0 Å².